The van der Waals surface area contributed by atoms with Gasteiger partial charge in [0, 0.05) is 55.0 Å². The molecule has 0 radical (unpaired) electrons. The Hall–Kier alpha value is -3.68. The third-order valence-corrected chi connectivity index (χ3v) is 9.92. The maximum absolute atomic E-state index is 13.8. The standard InChI is InChI=1S/C29H28N6O4S2.2ClH/c1-34-16-18-35(19-17-34)23-12-13-24(32-40(36,37)26-10-2-6-21-8-4-14-30-28(21)26)25(20-23)33-41(38,39)27-11-3-7-22-9-5-15-31-29(22)27;;/h2-15,20,32-33H,16-19H2,1H3;2*1H. The molecule has 1 saturated heterocycles. The van der Waals surface area contributed by atoms with Gasteiger partial charge in [-0.2, -0.15) is 0 Å². The Morgan fingerprint density at radius 1 is 0.628 bits per heavy atom. The van der Waals surface area contributed by atoms with Crippen molar-refractivity contribution in [3.63, 3.8) is 0 Å². The van der Waals surface area contributed by atoms with Crippen molar-refractivity contribution in [3.8, 4) is 0 Å². The zero-order chi connectivity index (χ0) is 28.6. The molecule has 0 spiro atoms. The highest BCUT2D eigenvalue weighted by Gasteiger charge is 2.25. The summed E-state index contributed by atoms with van der Waals surface area (Å²) in [6.07, 6.45) is 3.07. The van der Waals surface area contributed by atoms with Crippen LogP contribution in [-0.4, -0.2) is 64.9 Å². The van der Waals surface area contributed by atoms with E-state index in [2.05, 4.69) is 36.3 Å². The van der Waals surface area contributed by atoms with E-state index < -0.39 is 20.0 Å². The number of para-hydroxylation sites is 2. The van der Waals surface area contributed by atoms with Crippen LogP contribution in [0.15, 0.2) is 101 Å². The van der Waals surface area contributed by atoms with Crippen LogP contribution < -0.4 is 14.3 Å². The van der Waals surface area contributed by atoms with Crippen LogP contribution in [0.3, 0.4) is 0 Å². The molecule has 5 aromatic rings. The molecule has 1 fully saturated rings. The lowest BCUT2D eigenvalue weighted by Crippen LogP contribution is -2.44. The molecule has 10 nitrogen and oxygen atoms in total. The highest BCUT2D eigenvalue weighted by atomic mass is 35.5. The minimum Gasteiger partial charge on any atom is -0.369 e. The van der Waals surface area contributed by atoms with E-state index in [4.69, 9.17) is 0 Å². The Labute approximate surface area is 263 Å². The van der Waals surface area contributed by atoms with Crippen molar-refractivity contribution in [2.75, 3.05) is 47.6 Å². The molecule has 0 atom stereocenters. The molecule has 0 aliphatic carbocycles. The van der Waals surface area contributed by atoms with Gasteiger partial charge in [0.05, 0.1) is 22.4 Å². The fraction of sp³-hybridized carbons (Fsp3) is 0.172. The highest BCUT2D eigenvalue weighted by molar-refractivity contribution is 7.93. The van der Waals surface area contributed by atoms with Crippen LogP contribution >= 0.6 is 24.8 Å². The lowest BCUT2D eigenvalue weighted by atomic mass is 10.2. The van der Waals surface area contributed by atoms with Gasteiger partial charge < -0.3 is 9.80 Å². The molecule has 0 bridgehead atoms. The minimum atomic E-state index is -4.16. The molecule has 1 aliphatic rings. The predicted octanol–water partition coefficient (Wildman–Crippen LogP) is 4.98. The van der Waals surface area contributed by atoms with Gasteiger partial charge >= 0.3 is 0 Å². The number of aromatic nitrogens is 2. The number of nitrogens with zero attached hydrogens (tertiary/aromatic N) is 4. The normalized spacial score (nSPS) is 14.1. The topological polar surface area (TPSA) is 125 Å². The number of likely N-dealkylation sites (N-methyl/N-ethyl adjacent to an activating group) is 1. The molecule has 2 N–H and O–H groups in total. The number of piperazine rings is 1. The third-order valence-electron chi connectivity index (χ3n) is 7.13. The second kappa shape index (κ2) is 12.9. The first-order chi connectivity index (χ1) is 19.7. The number of pyridine rings is 2. The summed E-state index contributed by atoms with van der Waals surface area (Å²) in [5, 5.41) is 1.34. The lowest BCUT2D eigenvalue weighted by Gasteiger charge is -2.34. The van der Waals surface area contributed by atoms with E-state index in [0.717, 1.165) is 31.9 Å². The maximum Gasteiger partial charge on any atom is 0.264 e. The molecular formula is C29H30Cl2N6O4S2. The first-order valence-electron chi connectivity index (χ1n) is 13.0. The van der Waals surface area contributed by atoms with Crippen molar-refractivity contribution in [1.82, 2.24) is 14.9 Å². The fourth-order valence-corrected chi connectivity index (χ4v) is 7.46. The molecular weight excluding hydrogens is 631 g/mol. The number of benzene rings is 3. The van der Waals surface area contributed by atoms with Crippen LogP contribution in [0.2, 0.25) is 0 Å². The number of anilines is 3. The van der Waals surface area contributed by atoms with E-state index in [1.165, 1.54) is 24.5 Å². The smallest absolute Gasteiger partial charge is 0.264 e. The Bertz CT molecular complexity index is 1980. The zero-order valence-electron chi connectivity index (χ0n) is 23.0. The monoisotopic (exact) mass is 660 g/mol. The van der Waals surface area contributed by atoms with E-state index in [-0.39, 0.29) is 46.0 Å². The second-order valence-corrected chi connectivity index (χ2v) is 13.2. The first-order valence-corrected chi connectivity index (χ1v) is 16.0. The molecule has 0 amide bonds. The van der Waals surface area contributed by atoms with Gasteiger partial charge in [-0.05, 0) is 49.5 Å². The van der Waals surface area contributed by atoms with Gasteiger partial charge in [0.15, 0.2) is 0 Å². The zero-order valence-corrected chi connectivity index (χ0v) is 26.3. The molecule has 6 rings (SSSR count). The average Bonchev–Trinajstić information content (AvgIpc) is 2.97. The Balaban J connectivity index is 0.00000212. The minimum absolute atomic E-state index is 0. The summed E-state index contributed by atoms with van der Waals surface area (Å²) < 4.78 is 60.0. The summed E-state index contributed by atoms with van der Waals surface area (Å²) in [6, 6.07) is 21.9. The number of nitrogens with one attached hydrogen (secondary N) is 2. The van der Waals surface area contributed by atoms with Gasteiger partial charge in [-0.25, -0.2) is 16.8 Å². The van der Waals surface area contributed by atoms with Crippen molar-refractivity contribution < 1.29 is 16.8 Å². The second-order valence-electron chi connectivity index (χ2n) is 9.89. The van der Waals surface area contributed by atoms with Crippen molar-refractivity contribution >= 4 is 83.7 Å². The molecule has 226 valence electrons. The molecule has 14 heteroatoms. The van der Waals surface area contributed by atoms with Gasteiger partial charge in [-0.3, -0.25) is 19.4 Å². The van der Waals surface area contributed by atoms with E-state index in [0.29, 0.717) is 21.8 Å². The summed E-state index contributed by atoms with van der Waals surface area (Å²) in [7, 11) is -6.25. The van der Waals surface area contributed by atoms with Crippen LogP contribution in [0, 0.1) is 0 Å². The number of hydrogen-bond donors (Lipinski definition) is 2. The molecule has 0 saturated carbocycles. The summed E-state index contributed by atoms with van der Waals surface area (Å²) in [4.78, 5) is 12.9. The Kier molecular flexibility index (Phi) is 9.67. The van der Waals surface area contributed by atoms with Crippen LogP contribution in [0.1, 0.15) is 0 Å². The quantitative estimate of drug-likeness (QED) is 0.250. The predicted molar refractivity (Wildman–Crippen MR) is 176 cm³/mol. The number of rotatable bonds is 7. The number of fused-ring (bicyclic) bond motifs is 2. The summed E-state index contributed by atoms with van der Waals surface area (Å²) >= 11 is 0. The molecule has 3 heterocycles. The van der Waals surface area contributed by atoms with Crippen LogP contribution in [0.25, 0.3) is 21.8 Å². The van der Waals surface area contributed by atoms with Gasteiger partial charge in [-0.15, -0.1) is 24.8 Å². The molecule has 1 aliphatic heterocycles. The van der Waals surface area contributed by atoms with Crippen molar-refractivity contribution in [3.05, 3.63) is 91.3 Å². The maximum atomic E-state index is 13.8. The van der Waals surface area contributed by atoms with Crippen molar-refractivity contribution in [2.24, 2.45) is 0 Å². The van der Waals surface area contributed by atoms with Crippen molar-refractivity contribution in [2.45, 2.75) is 9.79 Å². The van der Waals surface area contributed by atoms with Crippen LogP contribution in [-0.2, 0) is 20.0 Å². The molecule has 2 aromatic heterocycles. The number of sulfonamides is 2. The van der Waals surface area contributed by atoms with Gasteiger partial charge in [0.25, 0.3) is 20.0 Å². The van der Waals surface area contributed by atoms with Crippen LogP contribution in [0.4, 0.5) is 17.1 Å². The van der Waals surface area contributed by atoms with Crippen molar-refractivity contribution in [1.29, 1.82) is 0 Å². The van der Waals surface area contributed by atoms with Gasteiger partial charge in [-0.1, -0.05) is 36.4 Å². The largest absolute Gasteiger partial charge is 0.369 e. The lowest BCUT2D eigenvalue weighted by molar-refractivity contribution is 0.313. The van der Waals surface area contributed by atoms with Gasteiger partial charge in [0.2, 0.25) is 0 Å². The third kappa shape index (κ3) is 6.63. The summed E-state index contributed by atoms with van der Waals surface area (Å²) in [5.74, 6) is 0. The summed E-state index contributed by atoms with van der Waals surface area (Å²) in [5.41, 5.74) is 1.61. The molecule has 0 unspecified atom stereocenters. The fourth-order valence-electron chi connectivity index (χ4n) is 4.95. The van der Waals surface area contributed by atoms with E-state index in [1.807, 2.05) is 0 Å². The van der Waals surface area contributed by atoms with Gasteiger partial charge in [0.1, 0.15) is 9.79 Å². The Morgan fingerprint density at radius 2 is 1.12 bits per heavy atom. The SMILES string of the molecule is CN1CCN(c2ccc(NS(=O)(=O)c3cccc4cccnc34)c(NS(=O)(=O)c3cccc4cccnc34)c2)CC1.Cl.Cl. The highest BCUT2D eigenvalue weighted by Crippen LogP contribution is 2.34. The molecule has 43 heavy (non-hydrogen) atoms. The number of hydrogen-bond acceptors (Lipinski definition) is 8. The average molecular weight is 662 g/mol. The Morgan fingerprint density at radius 3 is 1.65 bits per heavy atom. The number of halogens is 2. The van der Waals surface area contributed by atoms with E-state index >= 15 is 0 Å². The van der Waals surface area contributed by atoms with E-state index in [1.54, 1.807) is 66.7 Å². The summed E-state index contributed by atoms with van der Waals surface area (Å²) in [6.45, 7) is 3.21. The first kappa shape index (κ1) is 32.2. The molecule has 3 aromatic carbocycles. The van der Waals surface area contributed by atoms with Crippen LogP contribution in [0.5, 0.6) is 0 Å². The van der Waals surface area contributed by atoms with E-state index in [9.17, 15) is 16.8 Å².